The zero-order valence-electron chi connectivity index (χ0n) is 12.6. The number of rotatable bonds is 7. The van der Waals surface area contributed by atoms with Crippen LogP contribution in [0.3, 0.4) is 0 Å². The Morgan fingerprint density at radius 2 is 1.62 bits per heavy atom. The van der Waals surface area contributed by atoms with E-state index < -0.39 is 20.0 Å². The Labute approximate surface area is 146 Å². The predicted molar refractivity (Wildman–Crippen MR) is 92.8 cm³/mol. The van der Waals surface area contributed by atoms with E-state index in [1.54, 1.807) is 24.3 Å². The first-order valence-corrected chi connectivity index (χ1v) is 10.5. The number of nitrogens with two attached hydrogens (primary N) is 1. The summed E-state index contributed by atoms with van der Waals surface area (Å²) in [6, 6.07) is 12.2. The predicted octanol–water partition coefficient (Wildman–Crippen LogP) is 1.90. The second-order valence-corrected chi connectivity index (χ2v) is 8.91. The van der Waals surface area contributed by atoms with Crippen LogP contribution in [0, 0.1) is 0 Å². The first kappa shape index (κ1) is 18.9. The minimum Gasteiger partial charge on any atom is -0.225 e. The highest BCUT2D eigenvalue weighted by Gasteiger charge is 2.13. The van der Waals surface area contributed by atoms with Gasteiger partial charge in [-0.05, 0) is 48.7 Å². The highest BCUT2D eigenvalue weighted by atomic mass is 35.5. The molecular weight excluding hydrogens is 372 g/mol. The van der Waals surface area contributed by atoms with Gasteiger partial charge in [0.25, 0.3) is 0 Å². The largest absolute Gasteiger partial charge is 0.240 e. The molecule has 0 amide bonds. The molecule has 0 aliphatic rings. The van der Waals surface area contributed by atoms with Crippen molar-refractivity contribution in [3.8, 4) is 0 Å². The molecule has 24 heavy (non-hydrogen) atoms. The number of hydrogen-bond acceptors (Lipinski definition) is 4. The van der Waals surface area contributed by atoms with Crippen molar-refractivity contribution in [3.05, 3.63) is 59.1 Å². The molecule has 2 rings (SSSR count). The second kappa shape index (κ2) is 7.62. The minimum absolute atomic E-state index is 0.0490. The molecule has 6 nitrogen and oxygen atoms in total. The first-order valence-electron chi connectivity index (χ1n) is 7.05. The number of benzene rings is 2. The summed E-state index contributed by atoms with van der Waals surface area (Å²) in [5, 5.41) is 5.38. The molecular formula is C15H17ClN2O4S2. The Kier molecular flexibility index (Phi) is 6.00. The molecule has 0 heterocycles. The molecule has 130 valence electrons. The monoisotopic (exact) mass is 388 g/mol. The number of aryl methyl sites for hydroxylation is 1. The van der Waals surface area contributed by atoms with Gasteiger partial charge in [-0.2, -0.15) is 0 Å². The van der Waals surface area contributed by atoms with E-state index in [4.69, 9.17) is 16.7 Å². The van der Waals surface area contributed by atoms with Gasteiger partial charge in [-0.1, -0.05) is 29.8 Å². The standard InChI is InChI=1S/C15H17ClN2O4S2/c16-13-4-1-5-15(11-13)24(21,22)18-10-2-3-12-6-8-14(9-7-12)23(17,19)20/h1,4-9,11,18H,2-3,10H2,(H2,17,19,20). The highest BCUT2D eigenvalue weighted by molar-refractivity contribution is 7.89. The lowest BCUT2D eigenvalue weighted by Gasteiger charge is -2.07. The van der Waals surface area contributed by atoms with E-state index in [1.165, 1.54) is 24.3 Å². The Bertz CT molecular complexity index is 911. The summed E-state index contributed by atoms with van der Waals surface area (Å²) in [6.07, 6.45) is 1.16. The van der Waals surface area contributed by atoms with E-state index in [0.717, 1.165) is 5.56 Å². The number of hydrogen-bond donors (Lipinski definition) is 2. The van der Waals surface area contributed by atoms with Crippen molar-refractivity contribution in [1.82, 2.24) is 4.72 Å². The molecule has 2 aromatic rings. The van der Waals surface area contributed by atoms with E-state index in [1.807, 2.05) is 0 Å². The molecule has 0 saturated heterocycles. The lowest BCUT2D eigenvalue weighted by Crippen LogP contribution is -2.25. The molecule has 0 atom stereocenters. The maximum absolute atomic E-state index is 12.1. The lowest BCUT2D eigenvalue weighted by molar-refractivity contribution is 0.578. The third-order valence-corrected chi connectivity index (χ3v) is 5.92. The molecule has 0 radical (unpaired) electrons. The fourth-order valence-electron chi connectivity index (χ4n) is 2.06. The van der Waals surface area contributed by atoms with Crippen molar-refractivity contribution in [2.24, 2.45) is 5.14 Å². The van der Waals surface area contributed by atoms with Gasteiger partial charge in [0.15, 0.2) is 0 Å². The average Bonchev–Trinajstić information content (AvgIpc) is 2.51. The molecule has 0 spiro atoms. The number of nitrogens with one attached hydrogen (secondary N) is 1. The summed E-state index contributed by atoms with van der Waals surface area (Å²) in [7, 11) is -7.29. The van der Waals surface area contributed by atoms with Gasteiger partial charge < -0.3 is 0 Å². The van der Waals surface area contributed by atoms with Gasteiger partial charge in [0.2, 0.25) is 20.0 Å². The molecule has 0 fully saturated rings. The third kappa shape index (κ3) is 5.29. The molecule has 9 heteroatoms. The quantitative estimate of drug-likeness (QED) is 0.706. The molecule has 0 unspecified atom stereocenters. The van der Waals surface area contributed by atoms with Crippen molar-refractivity contribution in [1.29, 1.82) is 0 Å². The third-order valence-electron chi connectivity index (χ3n) is 3.29. The maximum atomic E-state index is 12.1. The molecule has 0 aliphatic carbocycles. The van der Waals surface area contributed by atoms with Crippen LogP contribution >= 0.6 is 11.6 Å². The van der Waals surface area contributed by atoms with E-state index in [-0.39, 0.29) is 16.3 Å². The lowest BCUT2D eigenvalue weighted by atomic mass is 10.1. The summed E-state index contributed by atoms with van der Waals surface area (Å²) < 4.78 is 49.0. The van der Waals surface area contributed by atoms with Gasteiger partial charge in [0, 0.05) is 11.6 Å². The van der Waals surface area contributed by atoms with Crippen LogP contribution in [0.25, 0.3) is 0 Å². The molecule has 2 aromatic carbocycles. The van der Waals surface area contributed by atoms with E-state index in [9.17, 15) is 16.8 Å². The van der Waals surface area contributed by atoms with Crippen molar-refractivity contribution in [2.45, 2.75) is 22.6 Å². The summed E-state index contributed by atoms with van der Waals surface area (Å²) in [5.41, 5.74) is 0.893. The molecule has 0 saturated carbocycles. The molecule has 0 bridgehead atoms. The summed E-state index contributed by atoms with van der Waals surface area (Å²) in [6.45, 7) is 0.256. The zero-order valence-corrected chi connectivity index (χ0v) is 15.0. The molecule has 3 N–H and O–H groups in total. The number of primary sulfonamides is 1. The number of sulfonamides is 2. The van der Waals surface area contributed by atoms with Crippen LogP contribution in [-0.2, 0) is 26.5 Å². The Morgan fingerprint density at radius 3 is 2.21 bits per heavy atom. The van der Waals surface area contributed by atoms with Crippen molar-refractivity contribution in [3.63, 3.8) is 0 Å². The van der Waals surface area contributed by atoms with E-state index in [0.29, 0.717) is 17.9 Å². The number of halogens is 1. The Morgan fingerprint density at radius 1 is 0.958 bits per heavy atom. The SMILES string of the molecule is NS(=O)(=O)c1ccc(CCCNS(=O)(=O)c2cccc(Cl)c2)cc1. The van der Waals surface area contributed by atoms with Gasteiger partial charge in [-0.3, -0.25) is 0 Å². The summed E-state index contributed by atoms with van der Waals surface area (Å²) in [4.78, 5) is 0.167. The van der Waals surface area contributed by atoms with Crippen LogP contribution in [0.4, 0.5) is 0 Å². The van der Waals surface area contributed by atoms with Crippen LogP contribution in [0.15, 0.2) is 58.3 Å². The Balaban J connectivity index is 1.89. The highest BCUT2D eigenvalue weighted by Crippen LogP contribution is 2.15. The first-order chi connectivity index (χ1) is 11.2. The average molecular weight is 389 g/mol. The molecule has 0 aliphatic heterocycles. The summed E-state index contributed by atoms with van der Waals surface area (Å²) >= 11 is 5.79. The normalized spacial score (nSPS) is 12.2. The van der Waals surface area contributed by atoms with Gasteiger partial charge in [0.1, 0.15) is 0 Å². The van der Waals surface area contributed by atoms with Gasteiger partial charge in [0.05, 0.1) is 9.79 Å². The van der Waals surface area contributed by atoms with Crippen molar-refractivity contribution >= 4 is 31.6 Å². The van der Waals surface area contributed by atoms with Crippen LogP contribution in [0.1, 0.15) is 12.0 Å². The van der Waals surface area contributed by atoms with Crippen LogP contribution < -0.4 is 9.86 Å². The fourth-order valence-corrected chi connectivity index (χ4v) is 3.95. The topological polar surface area (TPSA) is 106 Å². The minimum atomic E-state index is -3.70. The second-order valence-electron chi connectivity index (χ2n) is 5.15. The van der Waals surface area contributed by atoms with Gasteiger partial charge >= 0.3 is 0 Å². The van der Waals surface area contributed by atoms with Crippen molar-refractivity contribution in [2.75, 3.05) is 6.54 Å². The van der Waals surface area contributed by atoms with Crippen LogP contribution in [-0.4, -0.2) is 23.4 Å². The van der Waals surface area contributed by atoms with Crippen LogP contribution in [0.5, 0.6) is 0 Å². The molecule has 0 aromatic heterocycles. The summed E-state index contributed by atoms with van der Waals surface area (Å²) in [5.74, 6) is 0. The fraction of sp³-hybridized carbons (Fsp3) is 0.200. The van der Waals surface area contributed by atoms with Gasteiger partial charge in [-0.25, -0.2) is 26.7 Å². The zero-order chi connectivity index (χ0) is 17.8. The van der Waals surface area contributed by atoms with E-state index in [2.05, 4.69) is 4.72 Å². The van der Waals surface area contributed by atoms with Gasteiger partial charge in [-0.15, -0.1) is 0 Å². The van der Waals surface area contributed by atoms with Crippen molar-refractivity contribution < 1.29 is 16.8 Å². The smallest absolute Gasteiger partial charge is 0.225 e. The van der Waals surface area contributed by atoms with E-state index >= 15 is 0 Å². The van der Waals surface area contributed by atoms with Crippen LogP contribution in [0.2, 0.25) is 5.02 Å². The Hall–Kier alpha value is -1.45. The maximum Gasteiger partial charge on any atom is 0.240 e.